The molecule has 144 valence electrons. The molecule has 0 unspecified atom stereocenters. The van der Waals surface area contributed by atoms with Crippen LogP contribution in [0.25, 0.3) is 11.6 Å². The van der Waals surface area contributed by atoms with Gasteiger partial charge in [-0.15, -0.1) is 0 Å². The van der Waals surface area contributed by atoms with E-state index in [4.69, 9.17) is 9.84 Å². The molecule has 3 rings (SSSR count). The summed E-state index contributed by atoms with van der Waals surface area (Å²) >= 11 is 2.16. The van der Waals surface area contributed by atoms with Gasteiger partial charge >= 0.3 is 5.97 Å². The molecule has 0 bridgehead atoms. The summed E-state index contributed by atoms with van der Waals surface area (Å²) in [5.41, 5.74) is 2.93. The van der Waals surface area contributed by atoms with Crippen LogP contribution in [0.3, 0.4) is 0 Å². The number of carboxylic acids is 1. The molecule has 0 saturated carbocycles. The number of halogens is 2. The summed E-state index contributed by atoms with van der Waals surface area (Å²) < 4.78 is 19.6. The zero-order chi connectivity index (χ0) is 20.8. The van der Waals surface area contributed by atoms with E-state index in [0.717, 1.165) is 14.7 Å². The molecule has 0 aliphatic rings. The Bertz CT molecular complexity index is 1100. The van der Waals surface area contributed by atoms with Crippen LogP contribution in [0.2, 0.25) is 0 Å². The van der Waals surface area contributed by atoms with Crippen LogP contribution in [0.4, 0.5) is 4.39 Å². The molecule has 0 aliphatic heterocycles. The minimum Gasteiger partial charge on any atom is -0.488 e. The topological polar surface area (TPSA) is 70.3 Å². The normalized spacial score (nSPS) is 11.0. The smallest absolute Gasteiger partial charge is 0.335 e. The number of nitriles is 1. The van der Waals surface area contributed by atoms with Gasteiger partial charge in [-0.25, -0.2) is 9.18 Å². The highest BCUT2D eigenvalue weighted by atomic mass is 127. The SMILES string of the molecule is N#C/C(=C/c1ccc(OCc2ccc(F)cc2)c(I)c1)c1ccc(C(=O)O)cc1. The van der Waals surface area contributed by atoms with Crippen LogP contribution in [-0.4, -0.2) is 11.1 Å². The lowest BCUT2D eigenvalue weighted by Gasteiger charge is -2.09. The molecule has 0 fully saturated rings. The van der Waals surface area contributed by atoms with Crippen molar-refractivity contribution in [3.05, 3.63) is 98.4 Å². The quantitative estimate of drug-likeness (QED) is 0.266. The Labute approximate surface area is 181 Å². The Morgan fingerprint density at radius 3 is 2.31 bits per heavy atom. The molecule has 0 atom stereocenters. The number of ether oxygens (including phenoxy) is 1. The third-order valence-electron chi connectivity index (χ3n) is 4.14. The summed E-state index contributed by atoms with van der Waals surface area (Å²) in [4.78, 5) is 11.0. The molecule has 1 N–H and O–H groups in total. The first-order chi connectivity index (χ1) is 14.0. The molecule has 0 heterocycles. The molecule has 0 spiro atoms. The standard InChI is InChI=1S/C23H15FINO3/c24-20-8-1-15(2-9-20)14-29-22-10-3-16(12-21(22)25)11-19(13-26)17-4-6-18(7-5-17)23(27)28/h1-12H,14H2,(H,27,28)/b19-11-. The van der Waals surface area contributed by atoms with Crippen LogP contribution in [0.15, 0.2) is 66.7 Å². The lowest BCUT2D eigenvalue weighted by Crippen LogP contribution is -1.97. The molecule has 4 nitrogen and oxygen atoms in total. The first-order valence-corrected chi connectivity index (χ1v) is 9.66. The van der Waals surface area contributed by atoms with E-state index >= 15 is 0 Å². The number of allylic oxidation sites excluding steroid dienone is 1. The Morgan fingerprint density at radius 1 is 1.07 bits per heavy atom. The van der Waals surface area contributed by atoms with Gasteiger partial charge in [0.05, 0.1) is 20.8 Å². The van der Waals surface area contributed by atoms with Crippen molar-refractivity contribution in [2.75, 3.05) is 0 Å². The molecule has 3 aromatic carbocycles. The minimum absolute atomic E-state index is 0.170. The molecule has 0 aromatic heterocycles. The Morgan fingerprint density at radius 2 is 1.72 bits per heavy atom. The maximum Gasteiger partial charge on any atom is 0.335 e. The van der Waals surface area contributed by atoms with Gasteiger partial charge in [0.25, 0.3) is 0 Å². The van der Waals surface area contributed by atoms with Crippen molar-refractivity contribution < 1.29 is 19.0 Å². The fraction of sp³-hybridized carbons (Fsp3) is 0.0435. The van der Waals surface area contributed by atoms with E-state index < -0.39 is 5.97 Å². The molecule has 0 saturated heterocycles. The van der Waals surface area contributed by atoms with Crippen molar-refractivity contribution in [1.82, 2.24) is 0 Å². The van der Waals surface area contributed by atoms with Gasteiger partial charge in [-0.1, -0.05) is 30.3 Å². The number of aromatic carboxylic acids is 1. The average Bonchev–Trinajstić information content (AvgIpc) is 2.72. The van der Waals surface area contributed by atoms with Gasteiger partial charge in [-0.05, 0) is 81.8 Å². The van der Waals surface area contributed by atoms with E-state index in [9.17, 15) is 14.4 Å². The highest BCUT2D eigenvalue weighted by Crippen LogP contribution is 2.26. The molecular formula is C23H15FINO3. The maximum absolute atomic E-state index is 13.0. The van der Waals surface area contributed by atoms with Gasteiger partial charge in [-0.3, -0.25) is 0 Å². The third-order valence-corrected chi connectivity index (χ3v) is 4.98. The van der Waals surface area contributed by atoms with E-state index in [0.29, 0.717) is 23.5 Å². The van der Waals surface area contributed by atoms with Crippen molar-refractivity contribution in [2.45, 2.75) is 6.61 Å². The van der Waals surface area contributed by atoms with Crippen LogP contribution in [-0.2, 0) is 6.61 Å². The number of carbonyl (C=O) groups is 1. The van der Waals surface area contributed by atoms with Gasteiger partial charge in [0.2, 0.25) is 0 Å². The minimum atomic E-state index is -1.01. The fourth-order valence-electron chi connectivity index (χ4n) is 2.60. The molecule has 6 heteroatoms. The first-order valence-electron chi connectivity index (χ1n) is 8.58. The number of rotatable bonds is 6. The van der Waals surface area contributed by atoms with E-state index in [1.165, 1.54) is 24.3 Å². The predicted octanol–water partition coefficient (Wildman–Crippen LogP) is 5.77. The van der Waals surface area contributed by atoms with Crippen LogP contribution < -0.4 is 4.74 Å². The van der Waals surface area contributed by atoms with Gasteiger partial charge in [0, 0.05) is 0 Å². The summed E-state index contributed by atoms with van der Waals surface area (Å²) in [7, 11) is 0. The summed E-state index contributed by atoms with van der Waals surface area (Å²) in [5.74, 6) is -0.605. The monoisotopic (exact) mass is 499 g/mol. The average molecular weight is 499 g/mol. The van der Waals surface area contributed by atoms with E-state index in [2.05, 4.69) is 28.7 Å². The summed E-state index contributed by atoms with van der Waals surface area (Å²) in [6.07, 6.45) is 1.74. The van der Waals surface area contributed by atoms with Crippen LogP contribution in [0, 0.1) is 20.7 Å². The van der Waals surface area contributed by atoms with Crippen molar-refractivity contribution >= 4 is 40.2 Å². The summed E-state index contributed by atoms with van der Waals surface area (Å²) in [5, 5.41) is 18.5. The van der Waals surface area contributed by atoms with Gasteiger partial charge in [0.1, 0.15) is 18.2 Å². The largest absolute Gasteiger partial charge is 0.488 e. The van der Waals surface area contributed by atoms with Gasteiger partial charge in [-0.2, -0.15) is 5.26 Å². The lowest BCUT2D eigenvalue weighted by atomic mass is 10.0. The molecule has 0 radical (unpaired) electrons. The zero-order valence-electron chi connectivity index (χ0n) is 15.1. The number of hydrogen-bond donors (Lipinski definition) is 1. The van der Waals surface area contributed by atoms with Crippen molar-refractivity contribution in [2.24, 2.45) is 0 Å². The van der Waals surface area contributed by atoms with Gasteiger partial charge < -0.3 is 9.84 Å². The number of nitrogens with zero attached hydrogens (tertiary/aromatic N) is 1. The predicted molar refractivity (Wildman–Crippen MR) is 117 cm³/mol. The van der Waals surface area contributed by atoms with Gasteiger partial charge in [0.15, 0.2) is 0 Å². The van der Waals surface area contributed by atoms with E-state index in [1.54, 1.807) is 30.3 Å². The summed E-state index contributed by atoms with van der Waals surface area (Å²) in [6, 6.07) is 20.0. The third kappa shape index (κ3) is 5.42. The number of carboxylic acid groups (broad SMARTS) is 1. The number of benzene rings is 3. The molecule has 0 aliphatic carbocycles. The van der Waals surface area contributed by atoms with Crippen molar-refractivity contribution in [3.8, 4) is 11.8 Å². The second kappa shape index (κ2) is 9.34. The molecular weight excluding hydrogens is 484 g/mol. The Kier molecular flexibility index (Phi) is 6.62. The van der Waals surface area contributed by atoms with E-state index in [1.807, 2.05) is 18.2 Å². The van der Waals surface area contributed by atoms with E-state index in [-0.39, 0.29) is 11.4 Å². The first kappa shape index (κ1) is 20.6. The molecule has 29 heavy (non-hydrogen) atoms. The lowest BCUT2D eigenvalue weighted by molar-refractivity contribution is 0.0697. The second-order valence-electron chi connectivity index (χ2n) is 6.16. The second-order valence-corrected chi connectivity index (χ2v) is 7.32. The van der Waals surface area contributed by atoms with Crippen LogP contribution >= 0.6 is 22.6 Å². The Hall–Kier alpha value is -3.18. The Balaban J connectivity index is 1.76. The van der Waals surface area contributed by atoms with Crippen molar-refractivity contribution in [1.29, 1.82) is 5.26 Å². The maximum atomic E-state index is 13.0. The molecule has 0 amide bonds. The van der Waals surface area contributed by atoms with Crippen LogP contribution in [0.1, 0.15) is 27.0 Å². The van der Waals surface area contributed by atoms with Crippen LogP contribution in [0.5, 0.6) is 5.75 Å². The summed E-state index contributed by atoms with van der Waals surface area (Å²) in [6.45, 7) is 0.324. The fourth-order valence-corrected chi connectivity index (χ4v) is 3.30. The number of hydrogen-bond acceptors (Lipinski definition) is 3. The zero-order valence-corrected chi connectivity index (χ0v) is 17.3. The molecule has 3 aromatic rings. The van der Waals surface area contributed by atoms with Crippen molar-refractivity contribution in [3.63, 3.8) is 0 Å². The highest BCUT2D eigenvalue weighted by Gasteiger charge is 2.07. The highest BCUT2D eigenvalue weighted by molar-refractivity contribution is 14.1.